The summed E-state index contributed by atoms with van der Waals surface area (Å²) in [5.74, 6) is 0.695. The van der Waals surface area contributed by atoms with Crippen molar-refractivity contribution < 1.29 is 4.42 Å². The van der Waals surface area contributed by atoms with E-state index in [9.17, 15) is 0 Å². The largest absolute Gasteiger partial charge is 0.447 e. The maximum atomic E-state index is 5.29. The second kappa shape index (κ2) is 3.77. The smallest absolute Gasteiger partial charge is 0.215 e. The van der Waals surface area contributed by atoms with Crippen LogP contribution in [-0.2, 0) is 12.0 Å². The van der Waals surface area contributed by atoms with Crippen molar-refractivity contribution >= 4 is 0 Å². The molecular weight excluding hydrogens is 202 g/mol. The number of aryl methyl sites for hydroxylation is 1. The molecule has 0 amide bonds. The quantitative estimate of drug-likeness (QED) is 0.779. The Labute approximate surface area is 95.3 Å². The highest BCUT2D eigenvalue weighted by molar-refractivity contribution is 5.15. The number of rotatable bonds is 2. The van der Waals surface area contributed by atoms with Crippen molar-refractivity contribution in [3.8, 4) is 0 Å². The predicted molar refractivity (Wildman–Crippen MR) is 61.3 cm³/mol. The topological polar surface area (TPSA) is 43.9 Å². The van der Waals surface area contributed by atoms with Gasteiger partial charge in [-0.15, -0.1) is 0 Å². The Morgan fingerprint density at radius 2 is 2.12 bits per heavy atom. The Morgan fingerprint density at radius 1 is 1.38 bits per heavy atom. The van der Waals surface area contributed by atoms with Gasteiger partial charge in [0, 0.05) is 6.20 Å². The summed E-state index contributed by atoms with van der Waals surface area (Å²) in [6, 6.07) is 0. The molecule has 0 saturated heterocycles. The molecule has 0 atom stereocenters. The molecule has 0 unspecified atom stereocenters. The maximum Gasteiger partial charge on any atom is 0.215 e. The first-order valence-corrected chi connectivity index (χ1v) is 5.39. The molecule has 2 aromatic rings. The van der Waals surface area contributed by atoms with Crippen molar-refractivity contribution in [3.05, 3.63) is 35.8 Å². The molecule has 4 heteroatoms. The van der Waals surface area contributed by atoms with Crippen molar-refractivity contribution in [2.24, 2.45) is 0 Å². The van der Waals surface area contributed by atoms with Gasteiger partial charge in [-0.2, -0.15) is 5.10 Å². The van der Waals surface area contributed by atoms with Crippen LogP contribution in [-0.4, -0.2) is 14.8 Å². The van der Waals surface area contributed by atoms with Crippen LogP contribution in [0, 0.1) is 6.92 Å². The van der Waals surface area contributed by atoms with E-state index in [0.29, 0.717) is 12.4 Å². The molecule has 0 aliphatic carbocycles. The van der Waals surface area contributed by atoms with E-state index in [1.165, 1.54) is 5.56 Å². The van der Waals surface area contributed by atoms with E-state index in [2.05, 4.69) is 30.9 Å². The van der Waals surface area contributed by atoms with Gasteiger partial charge >= 0.3 is 0 Å². The van der Waals surface area contributed by atoms with Gasteiger partial charge in [-0.05, 0) is 17.9 Å². The van der Waals surface area contributed by atoms with Crippen LogP contribution in [0.25, 0.3) is 0 Å². The highest BCUT2D eigenvalue weighted by atomic mass is 16.3. The molecule has 0 N–H and O–H groups in total. The van der Waals surface area contributed by atoms with Crippen LogP contribution in [0.3, 0.4) is 0 Å². The average Bonchev–Trinajstić information content (AvgIpc) is 2.74. The van der Waals surface area contributed by atoms with E-state index < -0.39 is 0 Å². The van der Waals surface area contributed by atoms with Crippen molar-refractivity contribution in [2.45, 2.75) is 39.7 Å². The number of nitrogens with zero attached hydrogens (tertiary/aromatic N) is 3. The first-order chi connectivity index (χ1) is 7.45. The fraction of sp³-hybridized carbons (Fsp3) is 0.500. The molecule has 0 aliphatic rings. The van der Waals surface area contributed by atoms with Crippen LogP contribution < -0.4 is 0 Å². The van der Waals surface area contributed by atoms with E-state index in [4.69, 9.17) is 4.42 Å². The third-order valence-corrected chi connectivity index (χ3v) is 2.46. The Balaban J connectivity index is 2.14. The molecule has 16 heavy (non-hydrogen) atoms. The third-order valence-electron chi connectivity index (χ3n) is 2.46. The Hall–Kier alpha value is -1.58. The Bertz CT molecular complexity index is 476. The molecule has 0 saturated carbocycles. The summed E-state index contributed by atoms with van der Waals surface area (Å²) in [6.45, 7) is 9.01. The van der Waals surface area contributed by atoms with Crippen LogP contribution in [0.4, 0.5) is 0 Å². The molecule has 2 rings (SSSR count). The number of hydrogen-bond donors (Lipinski definition) is 0. The van der Waals surface area contributed by atoms with Gasteiger partial charge in [0.25, 0.3) is 0 Å². The lowest BCUT2D eigenvalue weighted by Crippen LogP contribution is -2.09. The van der Waals surface area contributed by atoms with E-state index in [-0.39, 0.29) is 5.41 Å². The first kappa shape index (κ1) is 10.9. The first-order valence-electron chi connectivity index (χ1n) is 5.39. The lowest BCUT2D eigenvalue weighted by Gasteiger charge is -2.14. The standard InChI is InChI=1S/C12H17N3O/c1-9-8-16-11(14-9)7-15-6-10(5-13-15)12(2,3)4/h5-6,8H,7H2,1-4H3. The van der Waals surface area contributed by atoms with Gasteiger partial charge in [0.05, 0.1) is 11.9 Å². The van der Waals surface area contributed by atoms with Gasteiger partial charge in [0.15, 0.2) is 0 Å². The van der Waals surface area contributed by atoms with Crippen LogP contribution in [0.1, 0.15) is 37.9 Å². The molecule has 2 aromatic heterocycles. The second-order valence-electron chi connectivity index (χ2n) is 5.06. The zero-order valence-electron chi connectivity index (χ0n) is 10.2. The van der Waals surface area contributed by atoms with E-state index in [0.717, 1.165) is 5.69 Å². The molecule has 0 aliphatic heterocycles. The monoisotopic (exact) mass is 219 g/mol. The molecule has 0 radical (unpaired) electrons. The highest BCUT2D eigenvalue weighted by Crippen LogP contribution is 2.21. The minimum absolute atomic E-state index is 0.130. The van der Waals surface area contributed by atoms with Gasteiger partial charge in [0.2, 0.25) is 5.89 Å². The summed E-state index contributed by atoms with van der Waals surface area (Å²) >= 11 is 0. The normalized spacial score (nSPS) is 12.0. The summed E-state index contributed by atoms with van der Waals surface area (Å²) in [5.41, 5.74) is 2.25. The Morgan fingerprint density at radius 3 is 2.62 bits per heavy atom. The molecule has 4 nitrogen and oxygen atoms in total. The lowest BCUT2D eigenvalue weighted by molar-refractivity contribution is 0.464. The summed E-state index contributed by atoms with van der Waals surface area (Å²) in [4.78, 5) is 4.25. The van der Waals surface area contributed by atoms with Gasteiger partial charge in [-0.3, -0.25) is 4.68 Å². The maximum absolute atomic E-state index is 5.29. The van der Waals surface area contributed by atoms with E-state index in [1.54, 1.807) is 6.26 Å². The second-order valence-corrected chi connectivity index (χ2v) is 5.06. The minimum Gasteiger partial charge on any atom is -0.447 e. The van der Waals surface area contributed by atoms with Crippen molar-refractivity contribution in [1.82, 2.24) is 14.8 Å². The lowest BCUT2D eigenvalue weighted by atomic mass is 9.90. The van der Waals surface area contributed by atoms with E-state index in [1.807, 2.05) is 24.0 Å². The third kappa shape index (κ3) is 2.32. The molecule has 86 valence electrons. The predicted octanol–water partition coefficient (Wildman–Crippen LogP) is 2.53. The number of aromatic nitrogens is 3. The van der Waals surface area contributed by atoms with Crippen molar-refractivity contribution in [1.29, 1.82) is 0 Å². The molecule has 0 bridgehead atoms. The average molecular weight is 219 g/mol. The molecule has 2 heterocycles. The van der Waals surface area contributed by atoms with Crippen molar-refractivity contribution in [3.63, 3.8) is 0 Å². The fourth-order valence-corrected chi connectivity index (χ4v) is 1.45. The fourth-order valence-electron chi connectivity index (χ4n) is 1.45. The van der Waals surface area contributed by atoms with Crippen LogP contribution in [0.5, 0.6) is 0 Å². The molecule has 0 aromatic carbocycles. The summed E-state index contributed by atoms with van der Waals surface area (Å²) in [5, 5.41) is 4.30. The zero-order valence-corrected chi connectivity index (χ0v) is 10.2. The summed E-state index contributed by atoms with van der Waals surface area (Å²) < 4.78 is 7.14. The van der Waals surface area contributed by atoms with E-state index >= 15 is 0 Å². The van der Waals surface area contributed by atoms with Crippen LogP contribution >= 0.6 is 0 Å². The molecule has 0 spiro atoms. The van der Waals surface area contributed by atoms with Crippen LogP contribution in [0.15, 0.2) is 23.1 Å². The van der Waals surface area contributed by atoms with Gasteiger partial charge in [0.1, 0.15) is 12.8 Å². The van der Waals surface area contributed by atoms with Crippen molar-refractivity contribution in [2.75, 3.05) is 0 Å². The van der Waals surface area contributed by atoms with Crippen LogP contribution in [0.2, 0.25) is 0 Å². The molecular formula is C12H17N3O. The van der Waals surface area contributed by atoms with Gasteiger partial charge < -0.3 is 4.42 Å². The number of hydrogen-bond acceptors (Lipinski definition) is 3. The minimum atomic E-state index is 0.130. The number of oxazole rings is 1. The highest BCUT2D eigenvalue weighted by Gasteiger charge is 2.16. The molecule has 0 fully saturated rings. The van der Waals surface area contributed by atoms with Gasteiger partial charge in [-0.25, -0.2) is 4.98 Å². The summed E-state index contributed by atoms with van der Waals surface area (Å²) in [6.07, 6.45) is 5.60. The SMILES string of the molecule is Cc1coc(Cn2cc(C(C)(C)C)cn2)n1. The van der Waals surface area contributed by atoms with Gasteiger partial charge in [-0.1, -0.05) is 20.8 Å². The summed E-state index contributed by atoms with van der Waals surface area (Å²) in [7, 11) is 0. The Kier molecular flexibility index (Phi) is 2.58. The zero-order chi connectivity index (χ0) is 11.8.